The molecule has 1 atom stereocenters. The number of hydrogen-bond donors (Lipinski definition) is 1. The van der Waals surface area contributed by atoms with Gasteiger partial charge in [0.15, 0.2) is 0 Å². The molecular weight excluding hydrogens is 430 g/mol. The van der Waals surface area contributed by atoms with Crippen LogP contribution in [0.3, 0.4) is 0 Å². The highest BCUT2D eigenvalue weighted by Crippen LogP contribution is 2.37. The van der Waals surface area contributed by atoms with E-state index in [9.17, 15) is 9.59 Å². The molecule has 0 fully saturated rings. The summed E-state index contributed by atoms with van der Waals surface area (Å²) in [6.45, 7) is 0. The lowest BCUT2D eigenvalue weighted by Gasteiger charge is -2.12. The number of imidazole rings is 1. The molecule has 5 nitrogen and oxygen atoms in total. The largest absolute Gasteiger partial charge is 0.325 e. The van der Waals surface area contributed by atoms with E-state index in [1.165, 1.54) is 0 Å². The van der Waals surface area contributed by atoms with E-state index in [-0.39, 0.29) is 11.8 Å². The number of carbonyl (C=O) groups is 2. The van der Waals surface area contributed by atoms with E-state index in [1.54, 1.807) is 16.7 Å². The zero-order chi connectivity index (χ0) is 20.0. The van der Waals surface area contributed by atoms with Crippen LogP contribution < -0.4 is 5.32 Å². The molecule has 1 amide bonds. The molecule has 1 unspecified atom stereocenters. The highest BCUT2D eigenvalue weighted by Gasteiger charge is 2.33. The number of rotatable bonds is 3. The van der Waals surface area contributed by atoms with Gasteiger partial charge in [0.1, 0.15) is 5.82 Å². The Kier molecular flexibility index (Phi) is 4.28. The lowest BCUT2D eigenvalue weighted by atomic mass is 9.97. The maximum atomic E-state index is 13.3. The van der Waals surface area contributed by atoms with Crippen LogP contribution in [0.25, 0.3) is 11.0 Å². The Labute approximate surface area is 175 Å². The molecule has 2 heterocycles. The Morgan fingerprint density at radius 3 is 2.62 bits per heavy atom. The number of amides is 1. The third-order valence-corrected chi connectivity index (χ3v) is 5.70. The highest BCUT2D eigenvalue weighted by atomic mass is 79.9. The van der Waals surface area contributed by atoms with Crippen molar-refractivity contribution in [3.63, 3.8) is 0 Å². The third-order valence-electron chi connectivity index (χ3n) is 5.20. The number of aromatic nitrogens is 2. The molecule has 0 bridgehead atoms. The van der Waals surface area contributed by atoms with Gasteiger partial charge in [0.05, 0.1) is 17.0 Å². The fourth-order valence-corrected chi connectivity index (χ4v) is 4.21. The molecule has 0 spiro atoms. The minimum Gasteiger partial charge on any atom is -0.325 e. The van der Waals surface area contributed by atoms with Gasteiger partial charge in [0.25, 0.3) is 5.91 Å². The van der Waals surface area contributed by atoms with Gasteiger partial charge in [0, 0.05) is 22.1 Å². The molecule has 142 valence electrons. The second-order valence-corrected chi connectivity index (χ2v) is 7.92. The van der Waals surface area contributed by atoms with Crippen LogP contribution in [0, 0.1) is 0 Å². The van der Waals surface area contributed by atoms with Crippen LogP contribution in [0.15, 0.2) is 77.3 Å². The predicted molar refractivity (Wildman–Crippen MR) is 115 cm³/mol. The van der Waals surface area contributed by atoms with E-state index in [1.807, 2.05) is 60.7 Å². The molecule has 0 saturated heterocycles. The van der Waals surface area contributed by atoms with Crippen molar-refractivity contribution in [2.75, 3.05) is 5.32 Å². The van der Waals surface area contributed by atoms with Gasteiger partial charge < -0.3 is 5.32 Å². The van der Waals surface area contributed by atoms with Crippen molar-refractivity contribution in [2.24, 2.45) is 0 Å². The van der Waals surface area contributed by atoms with Crippen LogP contribution in [0.5, 0.6) is 0 Å². The van der Waals surface area contributed by atoms with Gasteiger partial charge in [-0.2, -0.15) is 0 Å². The molecule has 0 saturated carbocycles. The van der Waals surface area contributed by atoms with Crippen molar-refractivity contribution in [1.29, 1.82) is 0 Å². The van der Waals surface area contributed by atoms with Crippen molar-refractivity contribution < 1.29 is 9.59 Å². The Morgan fingerprint density at radius 1 is 1.03 bits per heavy atom. The molecule has 3 aromatic carbocycles. The monoisotopic (exact) mass is 445 g/mol. The van der Waals surface area contributed by atoms with Gasteiger partial charge in [-0.15, -0.1) is 0 Å². The number of halogens is 1. The Hall–Kier alpha value is -3.25. The van der Waals surface area contributed by atoms with Gasteiger partial charge in [-0.3, -0.25) is 14.2 Å². The number of nitrogens with one attached hydrogen (secondary N) is 1. The molecule has 1 aliphatic rings. The summed E-state index contributed by atoms with van der Waals surface area (Å²) in [5.41, 5.74) is 3.77. The molecular formula is C23H16BrN3O2. The molecule has 1 N–H and O–H groups in total. The van der Waals surface area contributed by atoms with Gasteiger partial charge in [-0.1, -0.05) is 46.3 Å². The average Bonchev–Trinajstić information content (AvgIpc) is 3.25. The number of nitrogens with zero attached hydrogens (tertiary/aromatic N) is 2. The molecule has 1 aliphatic heterocycles. The number of anilines is 1. The molecule has 0 radical (unpaired) electrons. The van der Waals surface area contributed by atoms with Gasteiger partial charge in [-0.25, -0.2) is 4.98 Å². The van der Waals surface area contributed by atoms with Crippen LogP contribution in [-0.2, 0) is 11.2 Å². The average molecular weight is 446 g/mol. The minimum atomic E-state index is -0.401. The van der Waals surface area contributed by atoms with E-state index in [2.05, 4.69) is 21.2 Å². The Morgan fingerprint density at radius 2 is 1.79 bits per heavy atom. The van der Waals surface area contributed by atoms with Crippen LogP contribution in [-0.4, -0.2) is 21.4 Å². The molecule has 6 heteroatoms. The van der Waals surface area contributed by atoms with Crippen molar-refractivity contribution in [3.05, 3.63) is 94.2 Å². The van der Waals surface area contributed by atoms with Crippen molar-refractivity contribution in [3.8, 4) is 0 Å². The molecule has 29 heavy (non-hydrogen) atoms. The maximum Gasteiger partial charge on any atom is 0.263 e. The second kappa shape index (κ2) is 6.97. The smallest absolute Gasteiger partial charge is 0.263 e. The number of para-hydroxylation sites is 2. The third kappa shape index (κ3) is 3.06. The van der Waals surface area contributed by atoms with Gasteiger partial charge >= 0.3 is 0 Å². The zero-order valence-electron chi connectivity index (χ0n) is 15.3. The predicted octanol–water partition coefficient (Wildman–Crippen LogP) is 4.77. The van der Waals surface area contributed by atoms with Crippen LogP contribution in [0.2, 0.25) is 0 Å². The number of benzene rings is 3. The normalized spacial score (nSPS) is 15.3. The Balaban J connectivity index is 1.62. The lowest BCUT2D eigenvalue weighted by Crippen LogP contribution is -2.20. The first-order valence-corrected chi connectivity index (χ1v) is 10.1. The van der Waals surface area contributed by atoms with Crippen molar-refractivity contribution in [2.45, 2.75) is 12.3 Å². The Bertz CT molecular complexity index is 1260. The van der Waals surface area contributed by atoms with Crippen molar-refractivity contribution in [1.82, 2.24) is 9.55 Å². The highest BCUT2D eigenvalue weighted by molar-refractivity contribution is 9.10. The van der Waals surface area contributed by atoms with Crippen LogP contribution in [0.4, 0.5) is 5.69 Å². The van der Waals surface area contributed by atoms with E-state index >= 15 is 0 Å². The standard InChI is InChI=1S/C23H16BrN3O2/c24-15-10-11-18-16(12-15)17(22(28)26-18)13-21-25-19-8-4-5-9-20(19)27(21)23(29)14-6-2-1-3-7-14/h1-12,17H,13H2,(H,26,28). The zero-order valence-corrected chi connectivity index (χ0v) is 16.9. The molecule has 4 aromatic rings. The first-order chi connectivity index (χ1) is 14.1. The van der Waals surface area contributed by atoms with E-state index in [0.717, 1.165) is 26.8 Å². The van der Waals surface area contributed by atoms with E-state index in [0.29, 0.717) is 17.8 Å². The summed E-state index contributed by atoms with van der Waals surface area (Å²) in [5.74, 6) is -0.0549. The summed E-state index contributed by atoms with van der Waals surface area (Å²) in [4.78, 5) is 30.7. The first-order valence-electron chi connectivity index (χ1n) is 9.28. The number of hydrogen-bond acceptors (Lipinski definition) is 3. The second-order valence-electron chi connectivity index (χ2n) is 7.00. The summed E-state index contributed by atoms with van der Waals surface area (Å²) in [7, 11) is 0. The van der Waals surface area contributed by atoms with Crippen LogP contribution in [0.1, 0.15) is 27.7 Å². The number of fused-ring (bicyclic) bond motifs is 2. The summed E-state index contributed by atoms with van der Waals surface area (Å²) < 4.78 is 2.54. The fraction of sp³-hybridized carbons (Fsp3) is 0.0870. The van der Waals surface area contributed by atoms with Crippen LogP contribution >= 0.6 is 15.9 Å². The quantitative estimate of drug-likeness (QED) is 0.494. The van der Waals surface area contributed by atoms with E-state index < -0.39 is 5.92 Å². The van der Waals surface area contributed by atoms with Gasteiger partial charge in [-0.05, 0) is 48.0 Å². The topological polar surface area (TPSA) is 64.0 Å². The number of carbonyl (C=O) groups excluding carboxylic acids is 2. The molecule has 5 rings (SSSR count). The first kappa shape index (κ1) is 17.8. The summed E-state index contributed by atoms with van der Waals surface area (Å²) in [6, 6.07) is 22.4. The van der Waals surface area contributed by atoms with E-state index in [4.69, 9.17) is 4.98 Å². The summed E-state index contributed by atoms with van der Waals surface area (Å²) >= 11 is 3.48. The maximum absolute atomic E-state index is 13.3. The molecule has 1 aromatic heterocycles. The summed E-state index contributed by atoms with van der Waals surface area (Å²) in [5, 5.41) is 2.93. The van der Waals surface area contributed by atoms with Gasteiger partial charge in [0.2, 0.25) is 5.91 Å². The lowest BCUT2D eigenvalue weighted by molar-refractivity contribution is -0.117. The fourth-order valence-electron chi connectivity index (χ4n) is 3.83. The molecule has 0 aliphatic carbocycles. The van der Waals surface area contributed by atoms with Crippen molar-refractivity contribution >= 4 is 44.5 Å². The summed E-state index contributed by atoms with van der Waals surface area (Å²) in [6.07, 6.45) is 0.336. The minimum absolute atomic E-state index is 0.0798. The SMILES string of the molecule is O=C1Nc2ccc(Br)cc2C1Cc1nc2ccccc2n1C(=O)c1ccccc1.